The number of anilines is 1. The van der Waals surface area contributed by atoms with Crippen molar-refractivity contribution in [3.63, 3.8) is 0 Å². The highest BCUT2D eigenvalue weighted by Crippen LogP contribution is 2.33. The summed E-state index contributed by atoms with van der Waals surface area (Å²) in [5, 5.41) is 11.2. The number of carbonyl (C=O) groups excluding carboxylic acids is 1. The van der Waals surface area contributed by atoms with Crippen molar-refractivity contribution in [3.05, 3.63) is 69.8 Å². The van der Waals surface area contributed by atoms with E-state index >= 15 is 0 Å². The zero-order valence-corrected chi connectivity index (χ0v) is 13.7. The number of amides is 1. The second kappa shape index (κ2) is 6.44. The smallest absolute Gasteiger partial charge is 0.255 e. The predicted octanol–water partition coefficient (Wildman–Crippen LogP) is 4.94. The van der Waals surface area contributed by atoms with E-state index in [2.05, 4.69) is 15.5 Å². The number of hydrogen-bond acceptors (Lipinski definition) is 2. The van der Waals surface area contributed by atoms with Gasteiger partial charge in [0.1, 0.15) is 5.69 Å². The Labute approximate surface area is 143 Å². The van der Waals surface area contributed by atoms with Gasteiger partial charge in [0.05, 0.1) is 16.4 Å². The van der Waals surface area contributed by atoms with Crippen LogP contribution < -0.4 is 5.32 Å². The first-order chi connectivity index (χ1) is 11.1. The molecule has 116 valence electrons. The molecule has 0 saturated carbocycles. The number of aromatic nitrogens is 2. The number of nitrogens with one attached hydrogen (secondary N) is 2. The van der Waals surface area contributed by atoms with Gasteiger partial charge in [-0.2, -0.15) is 5.10 Å². The Morgan fingerprint density at radius 3 is 2.48 bits per heavy atom. The molecule has 0 aliphatic rings. The molecule has 0 unspecified atom stereocenters. The monoisotopic (exact) mass is 345 g/mol. The van der Waals surface area contributed by atoms with Gasteiger partial charge in [-0.15, -0.1) is 0 Å². The first-order valence-electron chi connectivity index (χ1n) is 6.93. The molecular weight excluding hydrogens is 333 g/mol. The van der Waals surface area contributed by atoms with Crippen LogP contribution in [0.25, 0.3) is 11.3 Å². The van der Waals surface area contributed by atoms with E-state index in [0.29, 0.717) is 27.0 Å². The summed E-state index contributed by atoms with van der Waals surface area (Å²) in [7, 11) is 0. The van der Waals surface area contributed by atoms with Gasteiger partial charge in [-0.3, -0.25) is 9.89 Å². The third-order valence-corrected chi connectivity index (χ3v) is 4.00. The highest BCUT2D eigenvalue weighted by molar-refractivity contribution is 6.33. The quantitative estimate of drug-likeness (QED) is 0.705. The molecular formula is C17H13Cl2N3O. The highest BCUT2D eigenvalue weighted by atomic mass is 35.5. The predicted molar refractivity (Wildman–Crippen MR) is 93.2 cm³/mol. The van der Waals surface area contributed by atoms with Crippen LogP contribution in [0.4, 0.5) is 5.69 Å². The fourth-order valence-corrected chi connectivity index (χ4v) is 2.57. The maximum Gasteiger partial charge on any atom is 0.255 e. The molecule has 23 heavy (non-hydrogen) atoms. The first kappa shape index (κ1) is 15.6. The molecule has 0 radical (unpaired) electrons. The van der Waals surface area contributed by atoms with E-state index < -0.39 is 0 Å². The molecule has 2 aromatic carbocycles. The fourth-order valence-electron chi connectivity index (χ4n) is 2.22. The second-order valence-corrected chi connectivity index (χ2v) is 5.86. The van der Waals surface area contributed by atoms with Gasteiger partial charge in [0.25, 0.3) is 5.91 Å². The lowest BCUT2D eigenvalue weighted by Gasteiger charge is -2.08. The summed E-state index contributed by atoms with van der Waals surface area (Å²) in [4.78, 5) is 12.4. The summed E-state index contributed by atoms with van der Waals surface area (Å²) in [6, 6.07) is 14.0. The number of aryl methyl sites for hydroxylation is 1. The van der Waals surface area contributed by atoms with E-state index in [4.69, 9.17) is 23.2 Å². The Bertz CT molecular complexity index is 857. The molecule has 1 heterocycles. The molecule has 3 rings (SSSR count). The SMILES string of the molecule is Cc1[nH]nc(-c2ccccc2Cl)c1NC(=O)c1ccc(Cl)cc1. The van der Waals surface area contributed by atoms with Gasteiger partial charge in [-0.05, 0) is 37.3 Å². The number of halogens is 2. The van der Waals surface area contributed by atoms with E-state index in [0.717, 1.165) is 11.3 Å². The summed E-state index contributed by atoms with van der Waals surface area (Å²) in [5.74, 6) is -0.237. The fraction of sp³-hybridized carbons (Fsp3) is 0.0588. The molecule has 0 aliphatic carbocycles. The summed E-state index contributed by atoms with van der Waals surface area (Å²) in [6.45, 7) is 1.84. The molecule has 0 bridgehead atoms. The second-order valence-electron chi connectivity index (χ2n) is 5.01. The van der Waals surface area contributed by atoms with E-state index in [-0.39, 0.29) is 5.91 Å². The average molecular weight is 346 g/mol. The van der Waals surface area contributed by atoms with Crippen molar-refractivity contribution in [2.45, 2.75) is 6.92 Å². The van der Waals surface area contributed by atoms with E-state index in [1.54, 1.807) is 30.3 Å². The molecule has 0 saturated heterocycles. The lowest BCUT2D eigenvalue weighted by Crippen LogP contribution is -2.12. The van der Waals surface area contributed by atoms with Gasteiger partial charge in [0, 0.05) is 16.1 Å². The normalized spacial score (nSPS) is 10.6. The number of hydrogen-bond donors (Lipinski definition) is 2. The first-order valence-corrected chi connectivity index (χ1v) is 7.68. The minimum Gasteiger partial charge on any atom is -0.319 e. The van der Waals surface area contributed by atoms with Crippen LogP contribution in [0.3, 0.4) is 0 Å². The molecule has 2 N–H and O–H groups in total. The topological polar surface area (TPSA) is 57.8 Å². The molecule has 0 fully saturated rings. The number of nitrogens with zero attached hydrogens (tertiary/aromatic N) is 1. The van der Waals surface area contributed by atoms with Crippen LogP contribution in [0.1, 0.15) is 16.1 Å². The Balaban J connectivity index is 1.95. The molecule has 1 aromatic heterocycles. The summed E-state index contributed by atoms with van der Waals surface area (Å²) >= 11 is 12.1. The van der Waals surface area contributed by atoms with Gasteiger partial charge in [-0.1, -0.05) is 41.4 Å². The number of rotatable bonds is 3. The van der Waals surface area contributed by atoms with Gasteiger partial charge < -0.3 is 5.32 Å². The van der Waals surface area contributed by atoms with Gasteiger partial charge in [0.2, 0.25) is 0 Å². The van der Waals surface area contributed by atoms with Crippen molar-refractivity contribution < 1.29 is 4.79 Å². The molecule has 0 aliphatic heterocycles. The number of benzene rings is 2. The standard InChI is InChI=1S/C17H13Cl2N3O/c1-10-15(20-17(23)11-6-8-12(18)9-7-11)16(22-21-10)13-4-2-3-5-14(13)19/h2-9H,1H3,(H,20,23)(H,21,22). The Kier molecular flexibility index (Phi) is 4.37. The maximum atomic E-state index is 12.4. The highest BCUT2D eigenvalue weighted by Gasteiger charge is 2.17. The van der Waals surface area contributed by atoms with Crippen molar-refractivity contribution >= 4 is 34.8 Å². The number of carbonyl (C=O) groups is 1. The Morgan fingerprint density at radius 1 is 1.09 bits per heavy atom. The lowest BCUT2D eigenvalue weighted by molar-refractivity contribution is 0.102. The molecule has 6 heteroatoms. The molecule has 3 aromatic rings. The van der Waals surface area contributed by atoms with Crippen LogP contribution in [0, 0.1) is 6.92 Å². The summed E-state index contributed by atoms with van der Waals surface area (Å²) in [6.07, 6.45) is 0. The molecule has 4 nitrogen and oxygen atoms in total. The van der Waals surface area contributed by atoms with Gasteiger partial charge in [-0.25, -0.2) is 0 Å². The van der Waals surface area contributed by atoms with Crippen molar-refractivity contribution in [2.24, 2.45) is 0 Å². The third-order valence-electron chi connectivity index (χ3n) is 3.42. The molecule has 0 spiro atoms. The minimum absolute atomic E-state index is 0.237. The summed E-state index contributed by atoms with van der Waals surface area (Å²) < 4.78 is 0. The third kappa shape index (κ3) is 3.23. The van der Waals surface area contributed by atoms with E-state index in [1.165, 1.54) is 0 Å². The van der Waals surface area contributed by atoms with Crippen molar-refractivity contribution in [1.29, 1.82) is 0 Å². The van der Waals surface area contributed by atoms with Crippen LogP contribution in [0.2, 0.25) is 10.0 Å². The van der Waals surface area contributed by atoms with E-state index in [9.17, 15) is 4.79 Å². The average Bonchev–Trinajstić information content (AvgIpc) is 2.89. The molecule has 1 amide bonds. The Morgan fingerprint density at radius 2 is 1.78 bits per heavy atom. The van der Waals surface area contributed by atoms with Crippen LogP contribution >= 0.6 is 23.2 Å². The van der Waals surface area contributed by atoms with Crippen LogP contribution in [-0.2, 0) is 0 Å². The number of H-pyrrole nitrogens is 1. The van der Waals surface area contributed by atoms with Gasteiger partial charge in [0.15, 0.2) is 0 Å². The zero-order chi connectivity index (χ0) is 16.4. The van der Waals surface area contributed by atoms with Crippen molar-refractivity contribution in [1.82, 2.24) is 10.2 Å². The van der Waals surface area contributed by atoms with Crippen LogP contribution in [0.5, 0.6) is 0 Å². The summed E-state index contributed by atoms with van der Waals surface area (Å²) in [5.41, 5.74) is 3.24. The number of aromatic amines is 1. The largest absolute Gasteiger partial charge is 0.319 e. The minimum atomic E-state index is -0.237. The van der Waals surface area contributed by atoms with E-state index in [1.807, 2.05) is 25.1 Å². The van der Waals surface area contributed by atoms with Crippen molar-refractivity contribution in [2.75, 3.05) is 5.32 Å². The van der Waals surface area contributed by atoms with Gasteiger partial charge >= 0.3 is 0 Å². The van der Waals surface area contributed by atoms with Crippen LogP contribution in [-0.4, -0.2) is 16.1 Å². The lowest BCUT2D eigenvalue weighted by atomic mass is 10.1. The van der Waals surface area contributed by atoms with Crippen LogP contribution in [0.15, 0.2) is 48.5 Å². The Hall–Kier alpha value is -2.30. The zero-order valence-electron chi connectivity index (χ0n) is 12.2. The van der Waals surface area contributed by atoms with Crippen molar-refractivity contribution in [3.8, 4) is 11.3 Å². The maximum absolute atomic E-state index is 12.4. The molecule has 0 atom stereocenters.